The lowest BCUT2D eigenvalue weighted by Gasteiger charge is -2.04. The second-order valence-corrected chi connectivity index (χ2v) is 6.46. The SMILES string of the molecule is Cc1oc(-c2ccc(C(=O)NCc3ccco3)cc2)nc1COc1ccccc1. The van der Waals surface area contributed by atoms with Crippen molar-refractivity contribution in [3.8, 4) is 17.2 Å². The van der Waals surface area contributed by atoms with Gasteiger partial charge in [-0.2, -0.15) is 0 Å². The molecule has 2 heterocycles. The topological polar surface area (TPSA) is 77.5 Å². The number of ether oxygens (including phenoxy) is 1. The van der Waals surface area contributed by atoms with E-state index >= 15 is 0 Å². The molecule has 0 atom stereocenters. The predicted molar refractivity (Wildman–Crippen MR) is 107 cm³/mol. The molecule has 0 spiro atoms. The minimum atomic E-state index is -0.173. The van der Waals surface area contributed by atoms with Crippen LogP contribution in [0.1, 0.15) is 27.6 Å². The molecule has 1 amide bonds. The largest absolute Gasteiger partial charge is 0.487 e. The van der Waals surface area contributed by atoms with Crippen LogP contribution < -0.4 is 10.1 Å². The van der Waals surface area contributed by atoms with Crippen molar-refractivity contribution < 1.29 is 18.4 Å². The molecule has 0 aliphatic carbocycles. The standard InChI is InChI=1S/C23H20N2O4/c1-16-21(15-28-19-6-3-2-4-7-19)25-23(29-16)18-11-9-17(10-12-18)22(26)24-14-20-8-5-13-27-20/h2-13H,14-15H2,1H3,(H,24,26). The quantitative estimate of drug-likeness (QED) is 0.494. The molecular formula is C23H20N2O4. The number of amides is 1. The van der Waals surface area contributed by atoms with Gasteiger partial charge in [0.15, 0.2) is 0 Å². The number of oxazole rings is 1. The average Bonchev–Trinajstić information content (AvgIpc) is 3.41. The van der Waals surface area contributed by atoms with Crippen LogP contribution in [0.2, 0.25) is 0 Å². The van der Waals surface area contributed by atoms with E-state index < -0.39 is 0 Å². The second kappa shape index (κ2) is 8.48. The third kappa shape index (κ3) is 4.55. The van der Waals surface area contributed by atoms with Gasteiger partial charge in [-0.15, -0.1) is 0 Å². The van der Waals surface area contributed by atoms with Crippen molar-refractivity contribution in [3.05, 3.63) is 95.8 Å². The number of hydrogen-bond donors (Lipinski definition) is 1. The summed E-state index contributed by atoms with van der Waals surface area (Å²) in [5.74, 6) is 2.51. The van der Waals surface area contributed by atoms with E-state index in [0.717, 1.165) is 17.0 Å². The van der Waals surface area contributed by atoms with Crippen molar-refractivity contribution in [3.63, 3.8) is 0 Å². The van der Waals surface area contributed by atoms with Crippen LogP contribution in [0.15, 0.2) is 81.8 Å². The monoisotopic (exact) mass is 388 g/mol. The number of furan rings is 1. The zero-order valence-corrected chi connectivity index (χ0v) is 15.9. The number of aryl methyl sites for hydroxylation is 1. The van der Waals surface area contributed by atoms with E-state index in [4.69, 9.17) is 13.6 Å². The van der Waals surface area contributed by atoms with E-state index in [1.54, 1.807) is 24.5 Å². The fourth-order valence-corrected chi connectivity index (χ4v) is 2.80. The van der Waals surface area contributed by atoms with Crippen molar-refractivity contribution in [2.75, 3.05) is 0 Å². The highest BCUT2D eigenvalue weighted by Crippen LogP contribution is 2.23. The summed E-state index contributed by atoms with van der Waals surface area (Å²) in [5.41, 5.74) is 2.09. The van der Waals surface area contributed by atoms with Gasteiger partial charge >= 0.3 is 0 Å². The molecule has 0 radical (unpaired) electrons. The minimum absolute atomic E-state index is 0.173. The lowest BCUT2D eigenvalue weighted by Crippen LogP contribution is -2.22. The summed E-state index contributed by atoms with van der Waals surface area (Å²) in [5, 5.41) is 2.82. The maximum Gasteiger partial charge on any atom is 0.251 e. The van der Waals surface area contributed by atoms with Crippen LogP contribution >= 0.6 is 0 Å². The normalized spacial score (nSPS) is 10.7. The number of carbonyl (C=O) groups excluding carboxylic acids is 1. The second-order valence-electron chi connectivity index (χ2n) is 6.46. The minimum Gasteiger partial charge on any atom is -0.487 e. The van der Waals surface area contributed by atoms with Gasteiger partial charge in [-0.3, -0.25) is 4.79 Å². The van der Waals surface area contributed by atoms with Crippen molar-refractivity contribution in [2.45, 2.75) is 20.1 Å². The lowest BCUT2D eigenvalue weighted by atomic mass is 10.1. The first kappa shape index (κ1) is 18.6. The van der Waals surface area contributed by atoms with Crippen molar-refractivity contribution in [1.82, 2.24) is 10.3 Å². The molecule has 0 saturated carbocycles. The number of nitrogens with one attached hydrogen (secondary N) is 1. The lowest BCUT2D eigenvalue weighted by molar-refractivity contribution is 0.0948. The summed E-state index contributed by atoms with van der Waals surface area (Å²) in [6, 6.07) is 20.3. The summed E-state index contributed by atoms with van der Waals surface area (Å²) in [6.45, 7) is 2.53. The summed E-state index contributed by atoms with van der Waals surface area (Å²) in [4.78, 5) is 16.8. The fourth-order valence-electron chi connectivity index (χ4n) is 2.80. The highest BCUT2D eigenvalue weighted by atomic mass is 16.5. The number of nitrogens with zero attached hydrogens (tertiary/aromatic N) is 1. The molecule has 0 saturated heterocycles. The maximum atomic E-state index is 12.3. The number of hydrogen-bond acceptors (Lipinski definition) is 5. The zero-order valence-electron chi connectivity index (χ0n) is 15.9. The molecule has 0 fully saturated rings. The van der Waals surface area contributed by atoms with Gasteiger partial charge in [0.2, 0.25) is 5.89 Å². The maximum absolute atomic E-state index is 12.3. The van der Waals surface area contributed by atoms with Crippen molar-refractivity contribution in [1.29, 1.82) is 0 Å². The Morgan fingerprint density at radius 1 is 1.03 bits per heavy atom. The molecule has 0 unspecified atom stereocenters. The molecule has 0 bridgehead atoms. The van der Waals surface area contributed by atoms with E-state index in [-0.39, 0.29) is 5.91 Å². The van der Waals surface area contributed by atoms with Gasteiger partial charge in [0.1, 0.15) is 29.6 Å². The average molecular weight is 388 g/mol. The molecule has 2 aromatic heterocycles. The Labute approximate surface area is 168 Å². The van der Waals surface area contributed by atoms with Gasteiger partial charge < -0.3 is 18.9 Å². The first-order chi connectivity index (χ1) is 14.2. The predicted octanol–water partition coefficient (Wildman–Crippen LogP) is 4.75. The molecule has 146 valence electrons. The first-order valence-corrected chi connectivity index (χ1v) is 9.24. The summed E-state index contributed by atoms with van der Waals surface area (Å²) < 4.78 is 16.7. The molecule has 0 aliphatic heterocycles. The van der Waals surface area contributed by atoms with Crippen molar-refractivity contribution >= 4 is 5.91 Å². The smallest absolute Gasteiger partial charge is 0.251 e. The Hall–Kier alpha value is -3.80. The highest BCUT2D eigenvalue weighted by molar-refractivity contribution is 5.94. The molecule has 1 N–H and O–H groups in total. The fraction of sp³-hybridized carbons (Fsp3) is 0.130. The molecule has 6 heteroatoms. The van der Waals surface area contributed by atoms with Gasteiger partial charge in [0.05, 0.1) is 12.8 Å². The summed E-state index contributed by atoms with van der Waals surface area (Å²) in [7, 11) is 0. The van der Waals surface area contributed by atoms with Crippen LogP contribution in [-0.4, -0.2) is 10.9 Å². The Balaban J connectivity index is 1.40. The van der Waals surface area contributed by atoms with Gasteiger partial charge in [-0.1, -0.05) is 18.2 Å². The zero-order chi connectivity index (χ0) is 20.1. The Bertz CT molecular complexity index is 1070. The molecule has 6 nitrogen and oxygen atoms in total. The Morgan fingerprint density at radius 2 is 1.83 bits per heavy atom. The van der Waals surface area contributed by atoms with Crippen LogP contribution in [0.4, 0.5) is 0 Å². The van der Waals surface area contributed by atoms with Crippen LogP contribution in [0.3, 0.4) is 0 Å². The van der Waals surface area contributed by atoms with E-state index in [2.05, 4.69) is 10.3 Å². The first-order valence-electron chi connectivity index (χ1n) is 9.24. The molecular weight excluding hydrogens is 368 g/mol. The number of rotatable bonds is 7. The highest BCUT2D eigenvalue weighted by Gasteiger charge is 2.13. The van der Waals surface area contributed by atoms with Crippen LogP contribution in [-0.2, 0) is 13.2 Å². The number of benzene rings is 2. The molecule has 4 rings (SSSR count). The third-order valence-corrected chi connectivity index (χ3v) is 4.41. The van der Waals surface area contributed by atoms with Gasteiger partial charge in [0.25, 0.3) is 5.91 Å². The number of carbonyl (C=O) groups is 1. The van der Waals surface area contributed by atoms with Gasteiger partial charge in [-0.05, 0) is 55.5 Å². The van der Waals surface area contributed by atoms with E-state index in [9.17, 15) is 4.79 Å². The van der Waals surface area contributed by atoms with Gasteiger partial charge in [0, 0.05) is 11.1 Å². The number of para-hydroxylation sites is 1. The van der Waals surface area contributed by atoms with E-state index in [1.165, 1.54) is 0 Å². The van der Waals surface area contributed by atoms with Crippen LogP contribution in [0.25, 0.3) is 11.5 Å². The van der Waals surface area contributed by atoms with Crippen LogP contribution in [0.5, 0.6) is 5.75 Å². The molecule has 4 aromatic rings. The Morgan fingerprint density at radius 3 is 2.55 bits per heavy atom. The van der Waals surface area contributed by atoms with Crippen molar-refractivity contribution in [2.24, 2.45) is 0 Å². The summed E-state index contributed by atoms with van der Waals surface area (Å²) in [6.07, 6.45) is 1.58. The van der Waals surface area contributed by atoms with E-state index in [0.29, 0.717) is 36.1 Å². The Kier molecular flexibility index (Phi) is 5.42. The molecule has 29 heavy (non-hydrogen) atoms. The van der Waals surface area contributed by atoms with Crippen LogP contribution in [0, 0.1) is 6.92 Å². The van der Waals surface area contributed by atoms with Gasteiger partial charge in [-0.25, -0.2) is 4.98 Å². The molecule has 0 aliphatic rings. The number of aromatic nitrogens is 1. The third-order valence-electron chi connectivity index (χ3n) is 4.41. The van der Waals surface area contributed by atoms with E-state index in [1.807, 2.05) is 55.5 Å². The molecule has 2 aromatic carbocycles. The summed E-state index contributed by atoms with van der Waals surface area (Å²) >= 11 is 0.